The molecule has 2 rings (SSSR count). The summed E-state index contributed by atoms with van der Waals surface area (Å²) >= 11 is 5.80. The summed E-state index contributed by atoms with van der Waals surface area (Å²) < 4.78 is 12.8. The molecule has 0 saturated carbocycles. The van der Waals surface area contributed by atoms with Crippen molar-refractivity contribution in [1.29, 1.82) is 0 Å². The molecule has 0 atom stereocenters. The van der Waals surface area contributed by atoms with E-state index in [2.05, 4.69) is 4.98 Å². The average molecular weight is 237 g/mol. The van der Waals surface area contributed by atoms with Gasteiger partial charge in [-0.1, -0.05) is 11.6 Å². The largest absolute Gasteiger partial charge is 0.344 e. The molecule has 2 nitrogen and oxygen atoms in total. The number of hydrogen-bond acceptors (Lipinski definition) is 2. The molecule has 0 spiro atoms. The number of benzene rings is 1. The van der Waals surface area contributed by atoms with E-state index in [9.17, 15) is 4.39 Å². The molecule has 0 unspecified atom stereocenters. The first-order chi connectivity index (χ1) is 7.66. The van der Waals surface area contributed by atoms with Crippen LogP contribution in [0.15, 0.2) is 42.6 Å². The van der Waals surface area contributed by atoms with Crippen molar-refractivity contribution in [1.82, 2.24) is 4.98 Å². The van der Waals surface area contributed by atoms with E-state index in [4.69, 9.17) is 11.6 Å². The van der Waals surface area contributed by atoms with Gasteiger partial charge in [0.2, 0.25) is 0 Å². The Hall–Kier alpha value is -1.61. The van der Waals surface area contributed by atoms with E-state index in [1.165, 1.54) is 12.1 Å². The number of halogens is 2. The second kappa shape index (κ2) is 4.49. The Bertz CT molecular complexity index is 485. The first-order valence-corrected chi connectivity index (χ1v) is 5.15. The van der Waals surface area contributed by atoms with Gasteiger partial charge >= 0.3 is 0 Å². The molecule has 1 heterocycles. The molecule has 1 aromatic heterocycles. The Kier molecular flexibility index (Phi) is 3.06. The number of aromatic nitrogens is 1. The van der Waals surface area contributed by atoms with Crippen LogP contribution in [0.4, 0.5) is 15.8 Å². The van der Waals surface area contributed by atoms with Gasteiger partial charge in [-0.2, -0.15) is 0 Å². The molecule has 1 aromatic carbocycles. The summed E-state index contributed by atoms with van der Waals surface area (Å²) in [6.07, 6.45) is 1.64. The minimum absolute atomic E-state index is 0.245. The summed E-state index contributed by atoms with van der Waals surface area (Å²) in [5, 5.41) is 0.437. The zero-order chi connectivity index (χ0) is 11.5. The minimum atomic E-state index is -0.245. The van der Waals surface area contributed by atoms with Crippen molar-refractivity contribution in [2.24, 2.45) is 0 Å². The van der Waals surface area contributed by atoms with Crippen LogP contribution < -0.4 is 4.90 Å². The molecule has 0 aliphatic heterocycles. The summed E-state index contributed by atoms with van der Waals surface area (Å²) in [4.78, 5) is 5.82. The Morgan fingerprint density at radius 1 is 1.12 bits per heavy atom. The van der Waals surface area contributed by atoms with Gasteiger partial charge in [0.1, 0.15) is 11.0 Å². The Morgan fingerprint density at radius 2 is 1.81 bits per heavy atom. The van der Waals surface area contributed by atoms with Gasteiger partial charge in [-0.3, -0.25) is 0 Å². The molecule has 16 heavy (non-hydrogen) atoms. The smallest absolute Gasteiger partial charge is 0.131 e. The van der Waals surface area contributed by atoms with Crippen molar-refractivity contribution in [2.75, 3.05) is 11.9 Å². The molecule has 2 aromatic rings. The molecular weight excluding hydrogens is 227 g/mol. The van der Waals surface area contributed by atoms with E-state index in [0.717, 1.165) is 11.4 Å². The normalized spacial score (nSPS) is 10.2. The highest BCUT2D eigenvalue weighted by Gasteiger charge is 2.04. The Labute approximate surface area is 98.3 Å². The lowest BCUT2D eigenvalue weighted by atomic mass is 10.2. The van der Waals surface area contributed by atoms with Crippen molar-refractivity contribution in [2.45, 2.75) is 0 Å². The van der Waals surface area contributed by atoms with Crippen LogP contribution in [0.3, 0.4) is 0 Å². The van der Waals surface area contributed by atoms with E-state index in [1.54, 1.807) is 24.4 Å². The molecule has 0 aliphatic carbocycles. The summed E-state index contributed by atoms with van der Waals surface area (Å²) in [6, 6.07) is 9.87. The van der Waals surface area contributed by atoms with Gasteiger partial charge in [-0.25, -0.2) is 9.37 Å². The highest BCUT2D eigenvalue weighted by molar-refractivity contribution is 6.29. The fraction of sp³-hybridized carbons (Fsp3) is 0.0833. The van der Waals surface area contributed by atoms with Gasteiger partial charge in [-0.15, -0.1) is 0 Å². The van der Waals surface area contributed by atoms with Crippen molar-refractivity contribution >= 4 is 23.0 Å². The highest BCUT2D eigenvalue weighted by atomic mass is 35.5. The van der Waals surface area contributed by atoms with Crippen LogP contribution in [-0.4, -0.2) is 12.0 Å². The van der Waals surface area contributed by atoms with E-state index < -0.39 is 0 Å². The third-order valence-electron chi connectivity index (χ3n) is 2.31. The van der Waals surface area contributed by atoms with Crippen LogP contribution in [0.5, 0.6) is 0 Å². The maximum atomic E-state index is 12.8. The monoisotopic (exact) mass is 236 g/mol. The summed E-state index contributed by atoms with van der Waals surface area (Å²) in [6.45, 7) is 0. The van der Waals surface area contributed by atoms with Crippen LogP contribution in [0.25, 0.3) is 0 Å². The number of anilines is 2. The second-order valence-electron chi connectivity index (χ2n) is 3.37. The predicted octanol–water partition coefficient (Wildman–Crippen LogP) is 3.64. The summed E-state index contributed by atoms with van der Waals surface area (Å²) in [5.74, 6) is -0.245. The van der Waals surface area contributed by atoms with Gasteiger partial charge in [0.15, 0.2) is 0 Å². The first-order valence-electron chi connectivity index (χ1n) is 4.77. The maximum absolute atomic E-state index is 12.8. The lowest BCUT2D eigenvalue weighted by Crippen LogP contribution is -2.09. The molecule has 4 heteroatoms. The lowest BCUT2D eigenvalue weighted by molar-refractivity contribution is 0.628. The van der Waals surface area contributed by atoms with Crippen LogP contribution in [-0.2, 0) is 0 Å². The Morgan fingerprint density at radius 3 is 2.44 bits per heavy atom. The standard InChI is InChI=1S/C12H10ClFN2/c1-16(10-4-2-9(14)3-5-10)11-6-7-15-12(13)8-11/h2-8H,1H3. The first kappa shape index (κ1) is 10.9. The molecule has 0 aliphatic rings. The molecule has 0 radical (unpaired) electrons. The highest BCUT2D eigenvalue weighted by Crippen LogP contribution is 2.24. The van der Waals surface area contributed by atoms with Crippen molar-refractivity contribution in [3.8, 4) is 0 Å². The molecule has 0 fully saturated rings. The van der Waals surface area contributed by atoms with Crippen molar-refractivity contribution in [3.05, 3.63) is 53.6 Å². The summed E-state index contributed by atoms with van der Waals surface area (Å²) in [7, 11) is 1.89. The molecular formula is C12H10ClFN2. The number of nitrogens with zero attached hydrogens (tertiary/aromatic N) is 2. The van der Waals surface area contributed by atoms with E-state index >= 15 is 0 Å². The van der Waals surface area contributed by atoms with Gasteiger partial charge in [0, 0.05) is 24.6 Å². The molecule has 0 bridgehead atoms. The molecule has 0 amide bonds. The topological polar surface area (TPSA) is 16.1 Å². The fourth-order valence-electron chi connectivity index (χ4n) is 1.41. The van der Waals surface area contributed by atoms with E-state index in [1.807, 2.05) is 18.0 Å². The van der Waals surface area contributed by atoms with Crippen LogP contribution in [0, 0.1) is 5.82 Å². The van der Waals surface area contributed by atoms with Gasteiger partial charge in [0.05, 0.1) is 0 Å². The van der Waals surface area contributed by atoms with Crippen molar-refractivity contribution < 1.29 is 4.39 Å². The van der Waals surface area contributed by atoms with Crippen LogP contribution in [0.2, 0.25) is 5.15 Å². The zero-order valence-electron chi connectivity index (χ0n) is 8.69. The molecule has 82 valence electrons. The fourth-order valence-corrected chi connectivity index (χ4v) is 1.58. The third kappa shape index (κ3) is 2.31. The SMILES string of the molecule is CN(c1ccc(F)cc1)c1ccnc(Cl)c1. The quantitative estimate of drug-likeness (QED) is 0.740. The predicted molar refractivity (Wildman–Crippen MR) is 63.7 cm³/mol. The maximum Gasteiger partial charge on any atom is 0.131 e. The van der Waals surface area contributed by atoms with E-state index in [0.29, 0.717) is 5.15 Å². The van der Waals surface area contributed by atoms with Crippen LogP contribution in [0.1, 0.15) is 0 Å². The third-order valence-corrected chi connectivity index (χ3v) is 2.52. The van der Waals surface area contributed by atoms with Gasteiger partial charge in [-0.05, 0) is 36.4 Å². The Balaban J connectivity index is 2.31. The average Bonchev–Trinajstić information content (AvgIpc) is 2.29. The van der Waals surface area contributed by atoms with Gasteiger partial charge < -0.3 is 4.90 Å². The molecule has 0 saturated heterocycles. The van der Waals surface area contributed by atoms with Crippen LogP contribution >= 0.6 is 11.6 Å². The van der Waals surface area contributed by atoms with Gasteiger partial charge in [0.25, 0.3) is 0 Å². The number of rotatable bonds is 2. The second-order valence-corrected chi connectivity index (χ2v) is 3.76. The number of hydrogen-bond donors (Lipinski definition) is 0. The van der Waals surface area contributed by atoms with E-state index in [-0.39, 0.29) is 5.82 Å². The lowest BCUT2D eigenvalue weighted by Gasteiger charge is -2.19. The number of pyridine rings is 1. The van der Waals surface area contributed by atoms with Crippen molar-refractivity contribution in [3.63, 3.8) is 0 Å². The molecule has 0 N–H and O–H groups in total. The zero-order valence-corrected chi connectivity index (χ0v) is 9.45. The minimum Gasteiger partial charge on any atom is -0.344 e. The summed E-state index contributed by atoms with van der Waals surface area (Å²) in [5.41, 5.74) is 1.80.